The lowest BCUT2D eigenvalue weighted by molar-refractivity contribution is -0.385. The van der Waals surface area contributed by atoms with Gasteiger partial charge in [0.05, 0.1) is 17.7 Å². The first-order valence-corrected chi connectivity index (χ1v) is 7.92. The van der Waals surface area contributed by atoms with Crippen LogP contribution in [0.1, 0.15) is 6.92 Å². The van der Waals surface area contributed by atoms with E-state index in [1.54, 1.807) is 30.1 Å². The van der Waals surface area contributed by atoms with E-state index in [9.17, 15) is 10.1 Å². The third kappa shape index (κ3) is 2.85. The van der Waals surface area contributed by atoms with Gasteiger partial charge in [-0.25, -0.2) is 9.97 Å². The molecule has 2 aromatic heterocycles. The summed E-state index contributed by atoms with van der Waals surface area (Å²) in [5.74, 6) is 1.09. The van der Waals surface area contributed by atoms with Gasteiger partial charge in [-0.2, -0.15) is 0 Å². The van der Waals surface area contributed by atoms with Crippen LogP contribution in [0.5, 0.6) is 5.75 Å². The van der Waals surface area contributed by atoms with Crippen molar-refractivity contribution in [3.8, 4) is 17.0 Å². The van der Waals surface area contributed by atoms with E-state index in [1.807, 2.05) is 16.7 Å². The molecule has 0 saturated heterocycles. The number of hydrogen-bond acceptors (Lipinski definition) is 6. The van der Waals surface area contributed by atoms with Gasteiger partial charge in [0.1, 0.15) is 5.65 Å². The second kappa shape index (κ2) is 6.25. The Labute approximate surface area is 136 Å². The van der Waals surface area contributed by atoms with E-state index in [0.29, 0.717) is 5.69 Å². The number of aromatic nitrogens is 3. The van der Waals surface area contributed by atoms with E-state index >= 15 is 0 Å². The number of nitro benzene ring substituents is 1. The van der Waals surface area contributed by atoms with E-state index in [1.165, 1.54) is 13.2 Å². The predicted molar refractivity (Wildman–Crippen MR) is 88.0 cm³/mol. The van der Waals surface area contributed by atoms with Crippen molar-refractivity contribution in [3.05, 3.63) is 46.8 Å². The summed E-state index contributed by atoms with van der Waals surface area (Å²) in [6.07, 6.45) is 3.58. The van der Waals surface area contributed by atoms with Crippen molar-refractivity contribution in [2.24, 2.45) is 0 Å². The number of rotatable bonds is 5. The Morgan fingerprint density at radius 1 is 1.39 bits per heavy atom. The molecule has 0 aliphatic carbocycles. The number of imidazole rings is 1. The molecule has 8 heteroatoms. The highest BCUT2D eigenvalue weighted by molar-refractivity contribution is 7.99. The third-order valence-corrected chi connectivity index (χ3v) is 4.14. The molecule has 0 radical (unpaired) electrons. The quantitative estimate of drug-likeness (QED) is 0.308. The first-order chi connectivity index (χ1) is 11.1. The number of benzene rings is 1. The van der Waals surface area contributed by atoms with Crippen molar-refractivity contribution in [2.75, 3.05) is 12.9 Å². The van der Waals surface area contributed by atoms with Crippen LogP contribution in [0.3, 0.4) is 0 Å². The van der Waals surface area contributed by atoms with E-state index in [-0.39, 0.29) is 11.4 Å². The highest BCUT2D eigenvalue weighted by atomic mass is 32.2. The molecule has 3 rings (SSSR count). The summed E-state index contributed by atoms with van der Waals surface area (Å²) in [6.45, 7) is 2.05. The predicted octanol–water partition coefficient (Wildman–Crippen LogP) is 3.43. The van der Waals surface area contributed by atoms with Gasteiger partial charge < -0.3 is 4.74 Å². The molecular weight excluding hydrogens is 316 g/mol. The van der Waals surface area contributed by atoms with E-state index in [4.69, 9.17) is 4.74 Å². The minimum absolute atomic E-state index is 0.0682. The summed E-state index contributed by atoms with van der Waals surface area (Å²) in [6, 6.07) is 6.57. The number of hydrogen-bond donors (Lipinski definition) is 0. The first-order valence-electron chi connectivity index (χ1n) is 6.93. The Balaban J connectivity index is 2.14. The maximum absolute atomic E-state index is 11.0. The highest BCUT2D eigenvalue weighted by Gasteiger charge is 2.16. The van der Waals surface area contributed by atoms with Gasteiger partial charge >= 0.3 is 5.69 Å². The van der Waals surface area contributed by atoms with Crippen molar-refractivity contribution in [3.63, 3.8) is 0 Å². The zero-order valence-corrected chi connectivity index (χ0v) is 13.4. The van der Waals surface area contributed by atoms with Crippen molar-refractivity contribution >= 4 is 23.1 Å². The Bertz CT molecular complexity index is 878. The lowest BCUT2D eigenvalue weighted by Crippen LogP contribution is -1.98. The zero-order chi connectivity index (χ0) is 16.4. The second-order valence-electron chi connectivity index (χ2n) is 4.66. The Morgan fingerprint density at radius 2 is 2.22 bits per heavy atom. The normalized spacial score (nSPS) is 10.9. The molecule has 0 N–H and O–H groups in total. The first kappa shape index (κ1) is 15.3. The van der Waals surface area contributed by atoms with Crippen LogP contribution >= 0.6 is 11.8 Å². The molecule has 0 aliphatic rings. The molecule has 0 bridgehead atoms. The van der Waals surface area contributed by atoms with Crippen LogP contribution in [0, 0.1) is 10.1 Å². The summed E-state index contributed by atoms with van der Waals surface area (Å²) in [7, 11) is 1.41. The number of nitro groups is 1. The molecule has 0 spiro atoms. The maximum Gasteiger partial charge on any atom is 0.310 e. The fourth-order valence-corrected chi connectivity index (χ4v) is 2.98. The summed E-state index contributed by atoms with van der Waals surface area (Å²) in [5, 5.41) is 11.8. The van der Waals surface area contributed by atoms with Crippen molar-refractivity contribution < 1.29 is 9.66 Å². The molecule has 7 nitrogen and oxygen atoms in total. The molecule has 2 heterocycles. The van der Waals surface area contributed by atoms with Gasteiger partial charge in [-0.1, -0.05) is 18.7 Å². The number of nitrogens with zero attached hydrogens (tertiary/aromatic N) is 4. The van der Waals surface area contributed by atoms with Crippen LogP contribution in [-0.2, 0) is 0 Å². The fourth-order valence-electron chi connectivity index (χ4n) is 2.26. The monoisotopic (exact) mass is 330 g/mol. The molecule has 3 aromatic rings. The standard InChI is InChI=1S/C15H14N4O3S/c1-3-23-15-17-11(9-14-16-6-7-18(14)15)10-4-5-12(19(20)21)13(8-10)22-2/h4-9H,3H2,1-2H3. The van der Waals surface area contributed by atoms with Gasteiger partial charge in [-0.05, 0) is 17.9 Å². The fraction of sp³-hybridized carbons (Fsp3) is 0.200. The average Bonchev–Trinajstić information content (AvgIpc) is 3.03. The Morgan fingerprint density at radius 3 is 2.91 bits per heavy atom. The van der Waals surface area contributed by atoms with Crippen LogP contribution in [0.2, 0.25) is 0 Å². The molecule has 118 valence electrons. The highest BCUT2D eigenvalue weighted by Crippen LogP contribution is 2.32. The van der Waals surface area contributed by atoms with Gasteiger partial charge in [0.15, 0.2) is 10.9 Å². The van der Waals surface area contributed by atoms with Crippen molar-refractivity contribution in [1.82, 2.24) is 14.4 Å². The summed E-state index contributed by atoms with van der Waals surface area (Å²) in [4.78, 5) is 19.5. The van der Waals surface area contributed by atoms with E-state index in [0.717, 1.165) is 22.1 Å². The van der Waals surface area contributed by atoms with Crippen molar-refractivity contribution in [1.29, 1.82) is 0 Å². The molecule has 0 fully saturated rings. The maximum atomic E-state index is 11.0. The molecular formula is C15H14N4O3S. The number of ether oxygens (including phenoxy) is 1. The minimum Gasteiger partial charge on any atom is -0.490 e. The number of methoxy groups -OCH3 is 1. The van der Waals surface area contributed by atoms with Crippen LogP contribution in [0.4, 0.5) is 5.69 Å². The molecule has 1 aromatic carbocycles. The smallest absolute Gasteiger partial charge is 0.310 e. The van der Waals surface area contributed by atoms with Crippen molar-refractivity contribution in [2.45, 2.75) is 12.1 Å². The molecule has 0 amide bonds. The number of fused-ring (bicyclic) bond motifs is 1. The van der Waals surface area contributed by atoms with Crippen LogP contribution < -0.4 is 4.74 Å². The molecule has 0 aliphatic heterocycles. The van der Waals surface area contributed by atoms with Gasteiger partial charge in [-0.15, -0.1) is 0 Å². The largest absolute Gasteiger partial charge is 0.490 e. The molecule has 23 heavy (non-hydrogen) atoms. The van der Waals surface area contributed by atoms with Crippen LogP contribution in [0.15, 0.2) is 41.8 Å². The van der Waals surface area contributed by atoms with Gasteiger partial charge in [0.25, 0.3) is 0 Å². The number of thioether (sulfide) groups is 1. The zero-order valence-electron chi connectivity index (χ0n) is 12.6. The van der Waals surface area contributed by atoms with E-state index < -0.39 is 4.92 Å². The summed E-state index contributed by atoms with van der Waals surface area (Å²) in [5.41, 5.74) is 2.16. The van der Waals surface area contributed by atoms with E-state index in [2.05, 4.69) is 16.9 Å². The topological polar surface area (TPSA) is 82.6 Å². The van der Waals surface area contributed by atoms with Gasteiger partial charge in [0.2, 0.25) is 0 Å². The van der Waals surface area contributed by atoms with Gasteiger partial charge in [0, 0.05) is 30.1 Å². The Hall–Kier alpha value is -2.61. The average molecular weight is 330 g/mol. The molecule has 0 atom stereocenters. The second-order valence-corrected chi connectivity index (χ2v) is 5.89. The van der Waals surface area contributed by atoms with Crippen LogP contribution in [0.25, 0.3) is 16.9 Å². The minimum atomic E-state index is -0.466. The summed E-state index contributed by atoms with van der Waals surface area (Å²) < 4.78 is 7.04. The molecule has 0 unspecified atom stereocenters. The molecule has 0 saturated carbocycles. The van der Waals surface area contributed by atoms with Crippen LogP contribution in [-0.4, -0.2) is 32.2 Å². The SMILES string of the molecule is CCSc1nc(-c2ccc([N+](=O)[O-])c(OC)c2)cc2nccn12. The lowest BCUT2D eigenvalue weighted by atomic mass is 10.1. The Kier molecular flexibility index (Phi) is 4.16. The van der Waals surface area contributed by atoms with Gasteiger partial charge in [-0.3, -0.25) is 14.5 Å². The third-order valence-electron chi connectivity index (χ3n) is 3.30. The lowest BCUT2D eigenvalue weighted by Gasteiger charge is -2.08. The summed E-state index contributed by atoms with van der Waals surface area (Å²) >= 11 is 1.61.